The summed E-state index contributed by atoms with van der Waals surface area (Å²) in [4.78, 5) is 21.1. The van der Waals surface area contributed by atoms with Crippen LogP contribution in [0.3, 0.4) is 0 Å². The Kier molecular flexibility index (Phi) is 6.33. The molecular weight excluding hydrogens is 430 g/mol. The molecule has 3 aromatic heterocycles. The zero-order valence-electron chi connectivity index (χ0n) is 16.8. The number of alkyl halides is 2. The lowest BCUT2D eigenvalue weighted by atomic mass is 9.97. The summed E-state index contributed by atoms with van der Waals surface area (Å²) in [5, 5.41) is 2.93. The molecule has 1 N–H and O–H groups in total. The molecule has 0 saturated carbocycles. The van der Waals surface area contributed by atoms with Crippen LogP contribution in [0.15, 0.2) is 30.6 Å². The van der Waals surface area contributed by atoms with Crippen molar-refractivity contribution < 1.29 is 23.0 Å². The summed E-state index contributed by atoms with van der Waals surface area (Å²) in [6.45, 7) is 3.47. The second kappa shape index (κ2) is 9.15. The van der Waals surface area contributed by atoms with Gasteiger partial charge in [-0.1, -0.05) is 17.7 Å². The van der Waals surface area contributed by atoms with Gasteiger partial charge in [0.15, 0.2) is 11.4 Å². The van der Waals surface area contributed by atoms with Crippen molar-refractivity contribution in [2.45, 2.75) is 32.1 Å². The highest BCUT2D eigenvalue weighted by molar-refractivity contribution is 6.35. The van der Waals surface area contributed by atoms with Gasteiger partial charge in [0.2, 0.25) is 0 Å². The van der Waals surface area contributed by atoms with E-state index in [0.717, 1.165) is 18.5 Å². The highest BCUT2D eigenvalue weighted by atomic mass is 35.5. The smallest absolute Gasteiger partial charge is 0.280 e. The van der Waals surface area contributed by atoms with Crippen LogP contribution in [0.4, 0.5) is 14.5 Å². The van der Waals surface area contributed by atoms with E-state index in [1.165, 1.54) is 18.2 Å². The van der Waals surface area contributed by atoms with Crippen LogP contribution in [0.1, 0.15) is 54.0 Å². The number of fused-ring (bicyclic) bond motifs is 1. The van der Waals surface area contributed by atoms with Crippen LogP contribution in [0, 0.1) is 0 Å². The van der Waals surface area contributed by atoms with Crippen LogP contribution >= 0.6 is 11.6 Å². The number of pyridine rings is 2. The molecule has 0 atom stereocenters. The third-order valence-electron chi connectivity index (χ3n) is 5.06. The average molecular weight is 451 g/mol. The number of rotatable bonds is 6. The van der Waals surface area contributed by atoms with Gasteiger partial charge in [-0.2, -0.15) is 0 Å². The van der Waals surface area contributed by atoms with Gasteiger partial charge in [-0.05, 0) is 31.9 Å². The zero-order valence-corrected chi connectivity index (χ0v) is 17.5. The molecule has 0 aromatic carbocycles. The van der Waals surface area contributed by atoms with Gasteiger partial charge in [-0.25, -0.2) is 18.7 Å². The molecule has 164 valence electrons. The van der Waals surface area contributed by atoms with Crippen LogP contribution in [0.25, 0.3) is 5.65 Å². The molecule has 1 amide bonds. The van der Waals surface area contributed by atoms with Gasteiger partial charge in [0.1, 0.15) is 22.1 Å². The second-order valence-electron chi connectivity index (χ2n) is 7.10. The van der Waals surface area contributed by atoms with Crippen LogP contribution in [0.2, 0.25) is 5.02 Å². The number of imidazole rings is 1. The summed E-state index contributed by atoms with van der Waals surface area (Å²) >= 11 is 6.57. The summed E-state index contributed by atoms with van der Waals surface area (Å²) in [7, 11) is 0. The maximum Gasteiger partial charge on any atom is 0.280 e. The number of nitrogens with zero attached hydrogens (tertiary/aromatic N) is 3. The molecule has 4 rings (SSSR count). The molecule has 1 aliphatic heterocycles. The monoisotopic (exact) mass is 450 g/mol. The molecule has 3 aromatic rings. The van der Waals surface area contributed by atoms with Gasteiger partial charge in [0.05, 0.1) is 12.3 Å². The van der Waals surface area contributed by atoms with Crippen molar-refractivity contribution in [2.75, 3.05) is 25.1 Å². The first-order valence-corrected chi connectivity index (χ1v) is 10.3. The van der Waals surface area contributed by atoms with Crippen molar-refractivity contribution in [3.8, 4) is 5.75 Å². The first-order chi connectivity index (χ1) is 15.0. The quantitative estimate of drug-likeness (QED) is 0.580. The Morgan fingerprint density at radius 3 is 2.81 bits per heavy atom. The van der Waals surface area contributed by atoms with Gasteiger partial charge >= 0.3 is 0 Å². The third-order valence-corrected chi connectivity index (χ3v) is 5.40. The van der Waals surface area contributed by atoms with E-state index in [1.807, 2.05) is 6.20 Å². The van der Waals surface area contributed by atoms with E-state index >= 15 is 0 Å². The van der Waals surface area contributed by atoms with Crippen LogP contribution in [-0.4, -0.2) is 40.1 Å². The SMILES string of the molecule is CCOc1c(NC(=O)c2cccc(C(F)F)n2)cn2cc(C3CCOCC3)nc2c1Cl. The van der Waals surface area contributed by atoms with Crippen molar-refractivity contribution >= 4 is 28.8 Å². The van der Waals surface area contributed by atoms with Crippen LogP contribution < -0.4 is 10.1 Å². The normalized spacial score (nSPS) is 14.9. The summed E-state index contributed by atoms with van der Waals surface area (Å²) in [5.74, 6) is -0.123. The Morgan fingerprint density at radius 2 is 2.10 bits per heavy atom. The Bertz CT molecular complexity index is 1100. The van der Waals surface area contributed by atoms with Crippen molar-refractivity contribution in [1.82, 2.24) is 14.4 Å². The lowest BCUT2D eigenvalue weighted by Crippen LogP contribution is -2.16. The summed E-state index contributed by atoms with van der Waals surface area (Å²) < 4.78 is 38.7. The van der Waals surface area contributed by atoms with Crippen LogP contribution in [0.5, 0.6) is 5.75 Å². The molecule has 0 aliphatic carbocycles. The molecule has 0 bridgehead atoms. The lowest BCUT2D eigenvalue weighted by Gasteiger charge is -2.19. The van der Waals surface area contributed by atoms with Crippen LogP contribution in [-0.2, 0) is 4.74 Å². The molecule has 0 radical (unpaired) electrons. The average Bonchev–Trinajstić information content (AvgIpc) is 3.21. The fraction of sp³-hybridized carbons (Fsp3) is 0.381. The number of carbonyl (C=O) groups is 1. The first-order valence-electron chi connectivity index (χ1n) is 9.96. The van der Waals surface area contributed by atoms with Crippen molar-refractivity contribution in [3.05, 3.63) is 52.7 Å². The minimum Gasteiger partial charge on any atom is -0.490 e. The van der Waals surface area contributed by atoms with E-state index in [4.69, 9.17) is 21.1 Å². The highest BCUT2D eigenvalue weighted by Gasteiger charge is 2.23. The minimum absolute atomic E-state index is 0.134. The van der Waals surface area contributed by atoms with E-state index < -0.39 is 18.0 Å². The number of amides is 1. The zero-order chi connectivity index (χ0) is 22.0. The summed E-state index contributed by atoms with van der Waals surface area (Å²) in [6, 6.07) is 3.89. The molecule has 31 heavy (non-hydrogen) atoms. The fourth-order valence-corrected chi connectivity index (χ4v) is 3.84. The van der Waals surface area contributed by atoms with E-state index in [-0.39, 0.29) is 22.4 Å². The van der Waals surface area contributed by atoms with Gasteiger partial charge < -0.3 is 19.2 Å². The Hall–Kier alpha value is -2.78. The number of aromatic nitrogens is 3. The molecule has 4 heterocycles. The highest BCUT2D eigenvalue weighted by Crippen LogP contribution is 2.38. The summed E-state index contributed by atoms with van der Waals surface area (Å²) in [5.41, 5.74) is 1.10. The number of ether oxygens (including phenoxy) is 2. The standard InChI is InChI=1S/C21H21ClF2N4O3/c1-2-31-18-16(27-21(29)14-5-3-4-13(25-14)19(23)24)11-28-10-15(26-20(28)17(18)22)12-6-8-30-9-7-12/h3-5,10-12,19H,2,6-9H2,1H3,(H,27,29). The molecule has 10 heteroatoms. The van der Waals surface area contributed by atoms with E-state index in [0.29, 0.717) is 31.2 Å². The minimum atomic E-state index is -2.77. The van der Waals surface area contributed by atoms with E-state index in [1.54, 1.807) is 17.5 Å². The van der Waals surface area contributed by atoms with E-state index in [9.17, 15) is 13.6 Å². The molecule has 0 spiro atoms. The third kappa shape index (κ3) is 4.47. The number of halogens is 3. The molecular formula is C21H21ClF2N4O3. The van der Waals surface area contributed by atoms with Crippen molar-refractivity contribution in [2.24, 2.45) is 0 Å². The fourth-order valence-electron chi connectivity index (χ4n) is 3.54. The maximum absolute atomic E-state index is 12.9. The largest absolute Gasteiger partial charge is 0.490 e. The number of hydrogen-bond donors (Lipinski definition) is 1. The second-order valence-corrected chi connectivity index (χ2v) is 7.48. The molecule has 7 nitrogen and oxygen atoms in total. The number of hydrogen-bond acceptors (Lipinski definition) is 5. The predicted octanol–water partition coefficient (Wildman–Crippen LogP) is 4.87. The molecule has 1 saturated heterocycles. The Balaban J connectivity index is 1.69. The lowest BCUT2D eigenvalue weighted by molar-refractivity contribution is 0.0846. The van der Waals surface area contributed by atoms with E-state index in [2.05, 4.69) is 15.3 Å². The van der Waals surface area contributed by atoms with Crippen molar-refractivity contribution in [1.29, 1.82) is 0 Å². The molecule has 1 fully saturated rings. The van der Waals surface area contributed by atoms with Gasteiger partial charge in [0, 0.05) is 31.5 Å². The molecule has 0 unspecified atom stereocenters. The summed E-state index contributed by atoms with van der Waals surface area (Å²) in [6.07, 6.45) is 2.49. The predicted molar refractivity (Wildman–Crippen MR) is 111 cm³/mol. The molecule has 1 aliphatic rings. The van der Waals surface area contributed by atoms with Gasteiger partial charge in [-0.3, -0.25) is 4.79 Å². The number of anilines is 1. The first kappa shape index (κ1) is 21.5. The Morgan fingerprint density at radius 1 is 1.32 bits per heavy atom. The number of nitrogens with one attached hydrogen (secondary N) is 1. The Labute approximate surface area is 182 Å². The van der Waals surface area contributed by atoms with Gasteiger partial charge in [0.25, 0.3) is 12.3 Å². The number of carbonyl (C=O) groups excluding carboxylic acids is 1. The maximum atomic E-state index is 12.9. The van der Waals surface area contributed by atoms with Crippen molar-refractivity contribution in [3.63, 3.8) is 0 Å². The van der Waals surface area contributed by atoms with Gasteiger partial charge in [-0.15, -0.1) is 0 Å². The topological polar surface area (TPSA) is 77.8 Å².